The standard InChI is InChI=1S/C16H23NO2/c1-16(2,3)15(18)17-11-9-14(10-12-17)19-13-7-5-4-6-8-13/h4-8,14H,9-12H2,1-3H3. The topological polar surface area (TPSA) is 29.5 Å². The van der Waals surface area contributed by atoms with Gasteiger partial charge in [0.05, 0.1) is 0 Å². The molecule has 1 fully saturated rings. The summed E-state index contributed by atoms with van der Waals surface area (Å²) in [5, 5.41) is 0. The maximum atomic E-state index is 12.2. The fourth-order valence-corrected chi connectivity index (χ4v) is 2.34. The van der Waals surface area contributed by atoms with Crippen LogP contribution >= 0.6 is 0 Å². The van der Waals surface area contributed by atoms with E-state index in [0.29, 0.717) is 0 Å². The predicted octanol–water partition coefficient (Wildman–Crippen LogP) is 3.10. The molecule has 0 atom stereocenters. The number of hydrogen-bond donors (Lipinski definition) is 0. The molecular weight excluding hydrogens is 238 g/mol. The lowest BCUT2D eigenvalue weighted by Gasteiger charge is -2.35. The second kappa shape index (κ2) is 5.64. The number of benzene rings is 1. The lowest BCUT2D eigenvalue weighted by Crippen LogP contribution is -2.46. The first kappa shape index (κ1) is 13.9. The summed E-state index contributed by atoms with van der Waals surface area (Å²) in [4.78, 5) is 14.1. The fraction of sp³-hybridized carbons (Fsp3) is 0.562. The number of hydrogen-bond acceptors (Lipinski definition) is 2. The second-order valence-electron chi connectivity index (χ2n) is 6.17. The van der Waals surface area contributed by atoms with Crippen LogP contribution < -0.4 is 4.74 Å². The number of amides is 1. The molecule has 0 spiro atoms. The molecule has 19 heavy (non-hydrogen) atoms. The second-order valence-corrected chi connectivity index (χ2v) is 6.17. The van der Waals surface area contributed by atoms with Crippen LogP contribution in [0.1, 0.15) is 33.6 Å². The Kier molecular flexibility index (Phi) is 4.13. The van der Waals surface area contributed by atoms with Crippen LogP contribution in [0.3, 0.4) is 0 Å². The number of rotatable bonds is 2. The van der Waals surface area contributed by atoms with Crippen molar-refractivity contribution in [3.8, 4) is 5.75 Å². The molecule has 0 radical (unpaired) electrons. The zero-order valence-electron chi connectivity index (χ0n) is 12.1. The highest BCUT2D eigenvalue weighted by atomic mass is 16.5. The molecule has 1 heterocycles. The third-order valence-corrected chi connectivity index (χ3v) is 3.42. The van der Waals surface area contributed by atoms with Crippen molar-refractivity contribution in [2.75, 3.05) is 13.1 Å². The minimum Gasteiger partial charge on any atom is -0.490 e. The van der Waals surface area contributed by atoms with Gasteiger partial charge < -0.3 is 9.64 Å². The summed E-state index contributed by atoms with van der Waals surface area (Å²) in [6.07, 6.45) is 2.05. The van der Waals surface area contributed by atoms with Crippen molar-refractivity contribution in [3.05, 3.63) is 30.3 Å². The zero-order valence-corrected chi connectivity index (χ0v) is 12.1. The monoisotopic (exact) mass is 261 g/mol. The fourth-order valence-electron chi connectivity index (χ4n) is 2.34. The molecule has 1 aromatic rings. The molecule has 0 saturated carbocycles. The Labute approximate surface area is 115 Å². The summed E-state index contributed by atoms with van der Waals surface area (Å²) in [5.74, 6) is 1.16. The molecule has 104 valence electrons. The van der Waals surface area contributed by atoms with Crippen molar-refractivity contribution in [3.63, 3.8) is 0 Å². The first-order valence-corrected chi connectivity index (χ1v) is 6.98. The largest absolute Gasteiger partial charge is 0.490 e. The first-order chi connectivity index (χ1) is 8.97. The number of likely N-dealkylation sites (tertiary alicyclic amines) is 1. The van der Waals surface area contributed by atoms with Crippen LogP contribution in [-0.4, -0.2) is 30.0 Å². The summed E-state index contributed by atoms with van der Waals surface area (Å²) >= 11 is 0. The van der Waals surface area contributed by atoms with Crippen LogP contribution in [0.25, 0.3) is 0 Å². The van der Waals surface area contributed by atoms with Crippen LogP contribution in [0.15, 0.2) is 30.3 Å². The van der Waals surface area contributed by atoms with Crippen molar-refractivity contribution in [1.29, 1.82) is 0 Å². The zero-order chi connectivity index (χ0) is 13.9. The van der Waals surface area contributed by atoms with Crippen molar-refractivity contribution in [1.82, 2.24) is 4.90 Å². The Morgan fingerprint density at radius 1 is 1.16 bits per heavy atom. The van der Waals surface area contributed by atoms with Crippen LogP contribution in [0.2, 0.25) is 0 Å². The summed E-state index contributed by atoms with van der Waals surface area (Å²) in [5.41, 5.74) is -0.285. The Bertz CT molecular complexity index is 414. The minimum absolute atomic E-state index is 0.228. The highest BCUT2D eigenvalue weighted by Gasteiger charge is 2.30. The molecule has 0 unspecified atom stereocenters. The first-order valence-electron chi connectivity index (χ1n) is 6.98. The van der Waals surface area contributed by atoms with Crippen molar-refractivity contribution < 1.29 is 9.53 Å². The van der Waals surface area contributed by atoms with E-state index in [2.05, 4.69) is 0 Å². The summed E-state index contributed by atoms with van der Waals surface area (Å²) < 4.78 is 5.93. The van der Waals surface area contributed by atoms with E-state index >= 15 is 0 Å². The molecule has 0 aromatic heterocycles. The van der Waals surface area contributed by atoms with E-state index in [-0.39, 0.29) is 17.4 Å². The Hall–Kier alpha value is -1.51. The number of para-hydroxylation sites is 1. The Morgan fingerprint density at radius 3 is 2.26 bits per heavy atom. The van der Waals surface area contributed by atoms with Gasteiger partial charge in [-0.25, -0.2) is 0 Å². The van der Waals surface area contributed by atoms with E-state index in [9.17, 15) is 4.79 Å². The molecule has 1 aromatic carbocycles. The van der Waals surface area contributed by atoms with E-state index in [1.54, 1.807) is 0 Å². The van der Waals surface area contributed by atoms with Gasteiger partial charge in [0, 0.05) is 31.3 Å². The van der Waals surface area contributed by atoms with Gasteiger partial charge in [-0.3, -0.25) is 4.79 Å². The summed E-state index contributed by atoms with van der Waals surface area (Å²) in [6, 6.07) is 9.90. The number of carbonyl (C=O) groups excluding carboxylic acids is 1. The number of nitrogens with zero attached hydrogens (tertiary/aromatic N) is 1. The highest BCUT2D eigenvalue weighted by molar-refractivity contribution is 5.81. The lowest BCUT2D eigenvalue weighted by atomic mass is 9.93. The van der Waals surface area contributed by atoms with Crippen molar-refractivity contribution >= 4 is 5.91 Å². The maximum absolute atomic E-state index is 12.2. The van der Waals surface area contributed by atoms with Crippen molar-refractivity contribution in [2.45, 2.75) is 39.7 Å². The summed E-state index contributed by atoms with van der Waals surface area (Å²) in [6.45, 7) is 7.52. The van der Waals surface area contributed by atoms with Gasteiger partial charge in [0.15, 0.2) is 0 Å². The summed E-state index contributed by atoms with van der Waals surface area (Å²) in [7, 11) is 0. The van der Waals surface area contributed by atoms with Gasteiger partial charge in [-0.1, -0.05) is 39.0 Å². The van der Waals surface area contributed by atoms with Crippen LogP contribution in [-0.2, 0) is 4.79 Å². The van der Waals surface area contributed by atoms with Gasteiger partial charge in [-0.2, -0.15) is 0 Å². The molecule has 0 N–H and O–H groups in total. The molecule has 0 aliphatic carbocycles. The van der Waals surface area contributed by atoms with Gasteiger partial charge in [-0.15, -0.1) is 0 Å². The van der Waals surface area contributed by atoms with E-state index in [1.165, 1.54) is 0 Å². The SMILES string of the molecule is CC(C)(C)C(=O)N1CCC(Oc2ccccc2)CC1. The van der Waals surface area contributed by atoms with Crippen LogP contribution in [0.5, 0.6) is 5.75 Å². The third-order valence-electron chi connectivity index (χ3n) is 3.42. The van der Waals surface area contributed by atoms with E-state index < -0.39 is 0 Å². The number of piperidine rings is 1. The Balaban J connectivity index is 1.85. The maximum Gasteiger partial charge on any atom is 0.227 e. The molecule has 0 bridgehead atoms. The normalized spacial score (nSPS) is 17.3. The highest BCUT2D eigenvalue weighted by Crippen LogP contribution is 2.23. The average molecular weight is 261 g/mol. The van der Waals surface area contributed by atoms with E-state index in [0.717, 1.165) is 31.7 Å². The molecular formula is C16H23NO2. The van der Waals surface area contributed by atoms with Gasteiger partial charge in [0.25, 0.3) is 0 Å². The molecule has 1 aliphatic heterocycles. The molecule has 3 nitrogen and oxygen atoms in total. The van der Waals surface area contributed by atoms with Gasteiger partial charge in [0.2, 0.25) is 5.91 Å². The smallest absolute Gasteiger partial charge is 0.227 e. The molecule has 1 saturated heterocycles. The Morgan fingerprint density at radius 2 is 1.74 bits per heavy atom. The lowest BCUT2D eigenvalue weighted by molar-refractivity contribution is -0.141. The predicted molar refractivity (Wildman–Crippen MR) is 76.1 cm³/mol. The quantitative estimate of drug-likeness (QED) is 0.818. The number of ether oxygens (including phenoxy) is 1. The van der Waals surface area contributed by atoms with Gasteiger partial charge >= 0.3 is 0 Å². The average Bonchev–Trinajstić information content (AvgIpc) is 2.39. The molecule has 1 aliphatic rings. The van der Waals surface area contributed by atoms with Crippen LogP contribution in [0, 0.1) is 5.41 Å². The molecule has 3 heteroatoms. The van der Waals surface area contributed by atoms with Crippen LogP contribution in [0.4, 0.5) is 0 Å². The van der Waals surface area contributed by atoms with Gasteiger partial charge in [-0.05, 0) is 12.1 Å². The van der Waals surface area contributed by atoms with Gasteiger partial charge in [0.1, 0.15) is 11.9 Å². The third kappa shape index (κ3) is 3.72. The minimum atomic E-state index is -0.285. The molecule has 1 amide bonds. The van der Waals surface area contributed by atoms with E-state index in [1.807, 2.05) is 56.0 Å². The number of carbonyl (C=O) groups is 1. The molecule has 2 rings (SSSR count). The van der Waals surface area contributed by atoms with Crippen molar-refractivity contribution in [2.24, 2.45) is 5.41 Å². The van der Waals surface area contributed by atoms with E-state index in [4.69, 9.17) is 4.74 Å².